The van der Waals surface area contributed by atoms with Gasteiger partial charge < -0.3 is 10.4 Å². The molecule has 0 spiro atoms. The van der Waals surface area contributed by atoms with Crippen molar-refractivity contribution in [2.45, 2.75) is 33.2 Å². The van der Waals surface area contributed by atoms with E-state index in [-0.39, 0.29) is 0 Å². The first-order valence-corrected chi connectivity index (χ1v) is 4.84. The summed E-state index contributed by atoms with van der Waals surface area (Å²) >= 11 is 0. The molecule has 0 radical (unpaired) electrons. The van der Waals surface area contributed by atoms with Crippen molar-refractivity contribution < 1.29 is 9.90 Å². The van der Waals surface area contributed by atoms with E-state index in [0.29, 0.717) is 18.1 Å². The second-order valence-corrected chi connectivity index (χ2v) is 3.39. The van der Waals surface area contributed by atoms with E-state index in [0.717, 1.165) is 5.69 Å². The minimum absolute atomic E-state index is 0.511. The normalized spacial score (nSPS) is 12.2. The van der Waals surface area contributed by atoms with E-state index in [1.54, 1.807) is 13.0 Å². The number of aromatic nitrogens is 2. The van der Waals surface area contributed by atoms with E-state index in [2.05, 4.69) is 15.3 Å². The monoisotopic (exact) mass is 209 g/mol. The molecule has 0 saturated heterocycles. The molecule has 1 aromatic heterocycles. The largest absolute Gasteiger partial charge is 0.480 e. The van der Waals surface area contributed by atoms with Crippen LogP contribution in [0.25, 0.3) is 0 Å². The number of nitrogens with one attached hydrogen (secondary N) is 1. The van der Waals surface area contributed by atoms with E-state index in [1.807, 2.05) is 13.8 Å². The SMILES string of the molecule is CCC(Nc1cc(C)nc(C)n1)C(=O)O. The maximum absolute atomic E-state index is 10.8. The summed E-state index contributed by atoms with van der Waals surface area (Å²) in [5.74, 6) is 0.332. The predicted molar refractivity (Wildman–Crippen MR) is 56.8 cm³/mol. The summed E-state index contributed by atoms with van der Waals surface area (Å²) in [7, 11) is 0. The van der Waals surface area contributed by atoms with Crippen LogP contribution in [-0.2, 0) is 4.79 Å². The lowest BCUT2D eigenvalue weighted by molar-refractivity contribution is -0.137. The lowest BCUT2D eigenvalue weighted by Gasteiger charge is -2.13. The van der Waals surface area contributed by atoms with Crippen LogP contribution in [0.2, 0.25) is 0 Å². The van der Waals surface area contributed by atoms with Crippen LogP contribution in [0, 0.1) is 13.8 Å². The van der Waals surface area contributed by atoms with Crippen LogP contribution in [0.4, 0.5) is 5.82 Å². The zero-order valence-electron chi connectivity index (χ0n) is 9.11. The standard InChI is InChI=1S/C10H15N3O2/c1-4-8(10(14)15)13-9-5-6(2)11-7(3)12-9/h5,8H,4H2,1-3H3,(H,14,15)(H,11,12,13). The molecular weight excluding hydrogens is 194 g/mol. The molecular formula is C10H15N3O2. The Morgan fingerprint density at radius 2 is 2.20 bits per heavy atom. The summed E-state index contributed by atoms with van der Waals surface area (Å²) in [4.78, 5) is 19.0. The third kappa shape index (κ3) is 3.19. The summed E-state index contributed by atoms with van der Waals surface area (Å²) in [5, 5.41) is 11.7. The average Bonchev–Trinajstić information content (AvgIpc) is 2.12. The molecule has 5 nitrogen and oxygen atoms in total. The van der Waals surface area contributed by atoms with Gasteiger partial charge in [0.15, 0.2) is 0 Å². The molecule has 0 fully saturated rings. The maximum Gasteiger partial charge on any atom is 0.326 e. The van der Waals surface area contributed by atoms with Crippen molar-refractivity contribution in [3.63, 3.8) is 0 Å². The molecule has 0 aromatic carbocycles. The Morgan fingerprint density at radius 1 is 1.53 bits per heavy atom. The predicted octanol–water partition coefficient (Wildman–Crippen LogP) is 1.37. The second-order valence-electron chi connectivity index (χ2n) is 3.39. The van der Waals surface area contributed by atoms with Crippen molar-refractivity contribution in [2.24, 2.45) is 0 Å². The van der Waals surface area contributed by atoms with Gasteiger partial charge in [-0.25, -0.2) is 14.8 Å². The third-order valence-corrected chi connectivity index (χ3v) is 1.99. The zero-order chi connectivity index (χ0) is 11.4. The summed E-state index contributed by atoms with van der Waals surface area (Å²) in [5.41, 5.74) is 0.824. The number of hydrogen-bond acceptors (Lipinski definition) is 4. The summed E-state index contributed by atoms with van der Waals surface area (Å²) < 4.78 is 0. The van der Waals surface area contributed by atoms with E-state index < -0.39 is 12.0 Å². The Bertz CT molecular complexity index is 345. The molecule has 1 atom stereocenters. The maximum atomic E-state index is 10.8. The topological polar surface area (TPSA) is 75.1 Å². The quantitative estimate of drug-likeness (QED) is 0.783. The molecule has 1 aromatic rings. The van der Waals surface area contributed by atoms with Crippen LogP contribution in [0.3, 0.4) is 0 Å². The number of anilines is 1. The minimum Gasteiger partial charge on any atom is -0.480 e. The number of aryl methyl sites for hydroxylation is 2. The van der Waals surface area contributed by atoms with Crippen molar-refractivity contribution in [3.8, 4) is 0 Å². The number of nitrogens with zero attached hydrogens (tertiary/aromatic N) is 2. The van der Waals surface area contributed by atoms with Crippen molar-refractivity contribution in [1.29, 1.82) is 0 Å². The van der Waals surface area contributed by atoms with Crippen molar-refractivity contribution in [1.82, 2.24) is 9.97 Å². The Hall–Kier alpha value is -1.65. The number of carboxylic acids is 1. The fourth-order valence-electron chi connectivity index (χ4n) is 1.31. The molecule has 1 rings (SSSR count). The Morgan fingerprint density at radius 3 is 2.67 bits per heavy atom. The average molecular weight is 209 g/mol. The Labute approximate surface area is 88.6 Å². The van der Waals surface area contributed by atoms with Crippen molar-refractivity contribution in [2.75, 3.05) is 5.32 Å². The molecule has 0 bridgehead atoms. The van der Waals surface area contributed by atoms with E-state index >= 15 is 0 Å². The molecule has 0 aliphatic heterocycles. The van der Waals surface area contributed by atoms with Gasteiger partial charge >= 0.3 is 5.97 Å². The molecule has 2 N–H and O–H groups in total. The zero-order valence-corrected chi connectivity index (χ0v) is 9.11. The summed E-state index contributed by atoms with van der Waals surface area (Å²) in [6, 6.07) is 1.14. The Kier molecular flexibility index (Phi) is 3.60. The van der Waals surface area contributed by atoms with E-state index in [9.17, 15) is 4.79 Å². The summed E-state index contributed by atoms with van der Waals surface area (Å²) in [6.07, 6.45) is 0.511. The molecule has 1 heterocycles. The van der Waals surface area contributed by atoms with Crippen LogP contribution in [0.1, 0.15) is 24.9 Å². The van der Waals surface area contributed by atoms with Crippen LogP contribution >= 0.6 is 0 Å². The van der Waals surface area contributed by atoms with E-state index in [1.165, 1.54) is 0 Å². The highest BCUT2D eigenvalue weighted by atomic mass is 16.4. The number of aliphatic carboxylic acids is 1. The van der Waals surface area contributed by atoms with Crippen molar-refractivity contribution in [3.05, 3.63) is 17.6 Å². The van der Waals surface area contributed by atoms with Gasteiger partial charge in [-0.1, -0.05) is 6.92 Å². The highest BCUT2D eigenvalue weighted by Crippen LogP contribution is 2.08. The molecule has 0 aliphatic rings. The van der Waals surface area contributed by atoms with Gasteiger partial charge in [0, 0.05) is 11.8 Å². The lowest BCUT2D eigenvalue weighted by Crippen LogP contribution is -2.28. The molecule has 0 aliphatic carbocycles. The highest BCUT2D eigenvalue weighted by molar-refractivity contribution is 5.76. The number of hydrogen-bond donors (Lipinski definition) is 2. The van der Waals surface area contributed by atoms with Crippen LogP contribution < -0.4 is 5.32 Å². The van der Waals surface area contributed by atoms with Gasteiger partial charge in [-0.3, -0.25) is 0 Å². The number of carbonyl (C=O) groups is 1. The smallest absolute Gasteiger partial charge is 0.326 e. The minimum atomic E-state index is -0.869. The van der Waals surface area contributed by atoms with Crippen LogP contribution in [0.5, 0.6) is 0 Å². The van der Waals surface area contributed by atoms with Crippen molar-refractivity contribution >= 4 is 11.8 Å². The third-order valence-electron chi connectivity index (χ3n) is 1.99. The van der Waals surface area contributed by atoms with Crippen LogP contribution in [-0.4, -0.2) is 27.1 Å². The molecule has 1 unspecified atom stereocenters. The van der Waals surface area contributed by atoms with Gasteiger partial charge in [-0.05, 0) is 20.3 Å². The first-order chi connectivity index (χ1) is 7.02. The molecule has 5 heteroatoms. The van der Waals surface area contributed by atoms with Gasteiger partial charge in [0.2, 0.25) is 0 Å². The fourth-order valence-corrected chi connectivity index (χ4v) is 1.31. The molecule has 15 heavy (non-hydrogen) atoms. The summed E-state index contributed by atoms with van der Waals surface area (Å²) in [6.45, 7) is 5.44. The fraction of sp³-hybridized carbons (Fsp3) is 0.500. The van der Waals surface area contributed by atoms with Gasteiger partial charge in [-0.2, -0.15) is 0 Å². The molecule has 0 saturated carbocycles. The lowest BCUT2D eigenvalue weighted by atomic mass is 10.2. The molecule has 82 valence electrons. The second kappa shape index (κ2) is 4.72. The number of carboxylic acid groups (broad SMARTS) is 1. The van der Waals surface area contributed by atoms with Gasteiger partial charge in [0.25, 0.3) is 0 Å². The van der Waals surface area contributed by atoms with E-state index in [4.69, 9.17) is 5.11 Å². The van der Waals surface area contributed by atoms with Crippen LogP contribution in [0.15, 0.2) is 6.07 Å². The number of rotatable bonds is 4. The highest BCUT2D eigenvalue weighted by Gasteiger charge is 2.15. The first-order valence-electron chi connectivity index (χ1n) is 4.84. The first kappa shape index (κ1) is 11.4. The van der Waals surface area contributed by atoms with Gasteiger partial charge in [-0.15, -0.1) is 0 Å². The van der Waals surface area contributed by atoms with Gasteiger partial charge in [0.05, 0.1) is 0 Å². The Balaban J connectivity index is 2.83. The van der Waals surface area contributed by atoms with Gasteiger partial charge in [0.1, 0.15) is 17.7 Å². The molecule has 0 amide bonds.